The number of carbonyl (C=O) groups is 1. The van der Waals surface area contributed by atoms with E-state index in [0.717, 1.165) is 22.5 Å². The predicted octanol–water partition coefficient (Wildman–Crippen LogP) is 2.48. The molecule has 1 atom stereocenters. The fourth-order valence-corrected chi connectivity index (χ4v) is 3.17. The second-order valence-electron chi connectivity index (χ2n) is 6.19. The first-order chi connectivity index (χ1) is 11.1. The monoisotopic (exact) mass is 313 g/mol. The molecule has 0 bridgehead atoms. The van der Waals surface area contributed by atoms with Crippen molar-refractivity contribution in [1.29, 1.82) is 0 Å². The van der Waals surface area contributed by atoms with Crippen LogP contribution in [0.2, 0.25) is 0 Å². The number of ether oxygens (including phenoxy) is 1. The van der Waals surface area contributed by atoms with E-state index < -0.39 is 0 Å². The molecular weight excluding hydrogens is 290 g/mol. The Morgan fingerprint density at radius 2 is 2.04 bits per heavy atom. The molecular formula is C18H23N3O2. The highest BCUT2D eigenvalue weighted by Crippen LogP contribution is 2.28. The number of hydrogen-bond donors (Lipinski definition) is 1. The Labute approximate surface area is 136 Å². The maximum absolute atomic E-state index is 12.8. The van der Waals surface area contributed by atoms with Crippen LogP contribution in [0.5, 0.6) is 0 Å². The van der Waals surface area contributed by atoms with E-state index in [1.807, 2.05) is 49.9 Å². The number of H-pyrrole nitrogens is 1. The van der Waals surface area contributed by atoms with Crippen LogP contribution in [0.1, 0.15) is 34.1 Å². The molecule has 1 saturated heterocycles. The van der Waals surface area contributed by atoms with Gasteiger partial charge >= 0.3 is 0 Å². The van der Waals surface area contributed by atoms with Crippen molar-refractivity contribution in [3.63, 3.8) is 0 Å². The molecule has 5 nitrogen and oxygen atoms in total. The standard InChI is InChI=1S/C18H23N3O2/c1-12-4-6-15(7-5-12)10-17(22)21-8-9-23-11-16(21)18-13(2)19-20-14(18)3/h4-7,16H,8-11H2,1-3H3,(H,19,20)/t16-/m1/s1. The summed E-state index contributed by atoms with van der Waals surface area (Å²) in [5.74, 6) is 0.141. The van der Waals surface area contributed by atoms with Crippen molar-refractivity contribution in [1.82, 2.24) is 15.1 Å². The van der Waals surface area contributed by atoms with Gasteiger partial charge in [0, 0.05) is 17.8 Å². The average molecular weight is 313 g/mol. The summed E-state index contributed by atoms with van der Waals surface area (Å²) in [7, 11) is 0. The van der Waals surface area contributed by atoms with Crippen molar-refractivity contribution in [3.05, 3.63) is 52.3 Å². The first kappa shape index (κ1) is 15.7. The van der Waals surface area contributed by atoms with Crippen LogP contribution in [-0.4, -0.2) is 40.8 Å². The molecule has 1 aliphatic rings. The number of aromatic amines is 1. The Kier molecular flexibility index (Phi) is 4.48. The zero-order valence-electron chi connectivity index (χ0n) is 13.9. The number of carbonyl (C=O) groups excluding carboxylic acids is 1. The van der Waals surface area contributed by atoms with Gasteiger partial charge in [-0.1, -0.05) is 29.8 Å². The topological polar surface area (TPSA) is 58.2 Å². The van der Waals surface area contributed by atoms with Gasteiger partial charge in [-0.25, -0.2) is 0 Å². The lowest BCUT2D eigenvalue weighted by molar-refractivity contribution is -0.139. The highest BCUT2D eigenvalue weighted by molar-refractivity contribution is 5.79. The second-order valence-corrected chi connectivity index (χ2v) is 6.19. The second kappa shape index (κ2) is 6.54. The van der Waals surface area contributed by atoms with Crippen molar-refractivity contribution in [2.75, 3.05) is 19.8 Å². The lowest BCUT2D eigenvalue weighted by atomic mass is 10.0. The summed E-state index contributed by atoms with van der Waals surface area (Å²) >= 11 is 0. The van der Waals surface area contributed by atoms with Gasteiger partial charge in [0.2, 0.25) is 5.91 Å². The summed E-state index contributed by atoms with van der Waals surface area (Å²) in [6, 6.07) is 8.09. The first-order valence-corrected chi connectivity index (χ1v) is 8.00. The number of aromatic nitrogens is 2. The number of rotatable bonds is 3. The van der Waals surface area contributed by atoms with E-state index in [4.69, 9.17) is 4.74 Å². The molecule has 122 valence electrons. The van der Waals surface area contributed by atoms with E-state index in [2.05, 4.69) is 10.2 Å². The summed E-state index contributed by atoms with van der Waals surface area (Å²) < 4.78 is 5.63. The van der Waals surface area contributed by atoms with Crippen LogP contribution in [0, 0.1) is 20.8 Å². The Bertz CT molecular complexity index is 671. The van der Waals surface area contributed by atoms with Crippen LogP contribution in [0.25, 0.3) is 0 Å². The summed E-state index contributed by atoms with van der Waals surface area (Å²) in [6.07, 6.45) is 0.423. The predicted molar refractivity (Wildman–Crippen MR) is 88.2 cm³/mol. The lowest BCUT2D eigenvalue weighted by Crippen LogP contribution is -2.44. The van der Waals surface area contributed by atoms with Gasteiger partial charge in [-0.2, -0.15) is 5.10 Å². The van der Waals surface area contributed by atoms with E-state index in [1.54, 1.807) is 0 Å². The van der Waals surface area contributed by atoms with E-state index in [-0.39, 0.29) is 11.9 Å². The summed E-state index contributed by atoms with van der Waals surface area (Å²) in [5.41, 5.74) is 5.28. The highest BCUT2D eigenvalue weighted by Gasteiger charge is 2.31. The van der Waals surface area contributed by atoms with Crippen LogP contribution in [-0.2, 0) is 16.0 Å². The van der Waals surface area contributed by atoms with Crippen molar-refractivity contribution < 1.29 is 9.53 Å². The maximum Gasteiger partial charge on any atom is 0.227 e. The molecule has 1 amide bonds. The lowest BCUT2D eigenvalue weighted by Gasteiger charge is -2.36. The van der Waals surface area contributed by atoms with E-state index in [9.17, 15) is 4.79 Å². The molecule has 1 aromatic heterocycles. The zero-order valence-corrected chi connectivity index (χ0v) is 13.9. The van der Waals surface area contributed by atoms with Gasteiger partial charge in [-0.3, -0.25) is 9.89 Å². The minimum absolute atomic E-state index is 0.0551. The Hall–Kier alpha value is -2.14. The van der Waals surface area contributed by atoms with Crippen molar-refractivity contribution in [2.24, 2.45) is 0 Å². The number of aryl methyl sites for hydroxylation is 3. The van der Waals surface area contributed by atoms with E-state index in [0.29, 0.717) is 26.2 Å². The van der Waals surface area contributed by atoms with Crippen molar-refractivity contribution in [2.45, 2.75) is 33.2 Å². The molecule has 1 N–H and O–H groups in total. The minimum Gasteiger partial charge on any atom is -0.377 e. The number of hydrogen-bond acceptors (Lipinski definition) is 3. The van der Waals surface area contributed by atoms with Crippen LogP contribution < -0.4 is 0 Å². The van der Waals surface area contributed by atoms with Crippen LogP contribution in [0.15, 0.2) is 24.3 Å². The molecule has 0 aliphatic carbocycles. The van der Waals surface area contributed by atoms with Crippen molar-refractivity contribution >= 4 is 5.91 Å². The third-order valence-electron chi connectivity index (χ3n) is 4.44. The van der Waals surface area contributed by atoms with Crippen LogP contribution >= 0.6 is 0 Å². The quantitative estimate of drug-likeness (QED) is 0.947. The largest absolute Gasteiger partial charge is 0.377 e. The van der Waals surface area contributed by atoms with Crippen LogP contribution in [0.3, 0.4) is 0 Å². The summed E-state index contributed by atoms with van der Waals surface area (Å²) in [4.78, 5) is 14.8. The Morgan fingerprint density at radius 1 is 1.30 bits per heavy atom. The Balaban J connectivity index is 1.81. The zero-order chi connectivity index (χ0) is 16.4. The minimum atomic E-state index is -0.0551. The SMILES string of the molecule is Cc1ccc(CC(=O)N2CCOC[C@@H]2c2c(C)n[nH]c2C)cc1. The van der Waals surface area contributed by atoms with Crippen molar-refractivity contribution in [3.8, 4) is 0 Å². The molecule has 23 heavy (non-hydrogen) atoms. The molecule has 1 fully saturated rings. The molecule has 1 aromatic carbocycles. The molecule has 1 aliphatic heterocycles. The van der Waals surface area contributed by atoms with E-state index >= 15 is 0 Å². The number of nitrogens with one attached hydrogen (secondary N) is 1. The van der Waals surface area contributed by atoms with Gasteiger partial charge in [-0.05, 0) is 26.3 Å². The van der Waals surface area contributed by atoms with E-state index in [1.165, 1.54) is 5.56 Å². The number of amides is 1. The Morgan fingerprint density at radius 3 is 2.70 bits per heavy atom. The fraction of sp³-hybridized carbons (Fsp3) is 0.444. The smallest absolute Gasteiger partial charge is 0.227 e. The fourth-order valence-electron chi connectivity index (χ4n) is 3.17. The van der Waals surface area contributed by atoms with Gasteiger partial charge < -0.3 is 9.64 Å². The van der Waals surface area contributed by atoms with Gasteiger partial charge in [0.1, 0.15) is 0 Å². The molecule has 0 saturated carbocycles. The normalized spacial score (nSPS) is 18.2. The third kappa shape index (κ3) is 3.29. The number of benzene rings is 1. The molecule has 3 rings (SSSR count). The van der Waals surface area contributed by atoms with Gasteiger partial charge in [0.05, 0.1) is 31.4 Å². The molecule has 2 heterocycles. The third-order valence-corrected chi connectivity index (χ3v) is 4.44. The molecule has 0 spiro atoms. The number of nitrogens with zero attached hydrogens (tertiary/aromatic N) is 2. The highest BCUT2D eigenvalue weighted by atomic mass is 16.5. The first-order valence-electron chi connectivity index (χ1n) is 8.00. The molecule has 0 radical (unpaired) electrons. The molecule has 2 aromatic rings. The number of morpholine rings is 1. The molecule has 0 unspecified atom stereocenters. The summed E-state index contributed by atoms with van der Waals surface area (Å²) in [6.45, 7) is 7.75. The van der Waals surface area contributed by atoms with Crippen LogP contribution in [0.4, 0.5) is 0 Å². The van der Waals surface area contributed by atoms with Gasteiger partial charge in [0.25, 0.3) is 0 Å². The molecule has 5 heteroatoms. The maximum atomic E-state index is 12.8. The van der Waals surface area contributed by atoms with Gasteiger partial charge in [0.15, 0.2) is 0 Å². The summed E-state index contributed by atoms with van der Waals surface area (Å²) in [5, 5.41) is 7.27. The average Bonchev–Trinajstić information content (AvgIpc) is 2.88. The van der Waals surface area contributed by atoms with Gasteiger partial charge in [-0.15, -0.1) is 0 Å².